The number of anilines is 1. The maximum absolute atomic E-state index is 11.9. The van der Waals surface area contributed by atoms with E-state index < -0.39 is 11.4 Å². The first kappa shape index (κ1) is 18.5. The van der Waals surface area contributed by atoms with E-state index in [1.54, 1.807) is 0 Å². The highest BCUT2D eigenvalue weighted by Gasteiger charge is 2.12. The summed E-state index contributed by atoms with van der Waals surface area (Å²) >= 11 is -1.07. The lowest BCUT2D eigenvalue weighted by molar-refractivity contribution is 0.592. The molecule has 0 amide bonds. The highest BCUT2D eigenvalue weighted by Crippen LogP contribution is 2.23. The Morgan fingerprint density at radius 3 is 2.62 bits per heavy atom. The van der Waals surface area contributed by atoms with Crippen LogP contribution in [-0.2, 0) is 17.8 Å². The second kappa shape index (κ2) is 8.38. The number of nitrogens with one attached hydrogen (secondary N) is 1. The summed E-state index contributed by atoms with van der Waals surface area (Å²) in [7, 11) is 0. The van der Waals surface area contributed by atoms with Crippen LogP contribution in [0.2, 0.25) is 0 Å². The van der Waals surface area contributed by atoms with Crippen LogP contribution in [0.5, 0.6) is 0 Å². The number of benzene rings is 1. The topological polar surface area (TPSA) is 65.8 Å². The standard InChI is InChI=1S/C20H24N4OS/c1-4-5-19-12-20(10-11-21-19)24-14-17(13-22-24)16-6-8-18(9-7-16)23-26(25)15(2)3/h6-15,23H,4-5H2,1-3H3. The molecular weight excluding hydrogens is 344 g/mol. The van der Waals surface area contributed by atoms with Gasteiger partial charge in [0.05, 0.1) is 28.9 Å². The molecule has 1 N–H and O–H groups in total. The molecule has 5 nitrogen and oxygen atoms in total. The van der Waals surface area contributed by atoms with Gasteiger partial charge in [-0.1, -0.05) is 25.5 Å². The Balaban J connectivity index is 1.76. The Labute approximate surface area is 157 Å². The van der Waals surface area contributed by atoms with Gasteiger partial charge in [-0.3, -0.25) is 4.98 Å². The van der Waals surface area contributed by atoms with Crippen LogP contribution in [0, 0.1) is 0 Å². The normalized spacial score (nSPS) is 12.3. The summed E-state index contributed by atoms with van der Waals surface area (Å²) in [5.74, 6) is 0. The quantitative estimate of drug-likeness (QED) is 0.629. The number of rotatable bonds is 7. The number of pyridine rings is 1. The molecule has 0 spiro atoms. The summed E-state index contributed by atoms with van der Waals surface area (Å²) in [4.78, 5) is 4.39. The van der Waals surface area contributed by atoms with Crippen LogP contribution < -0.4 is 4.72 Å². The van der Waals surface area contributed by atoms with E-state index in [4.69, 9.17) is 0 Å². The van der Waals surface area contributed by atoms with E-state index in [0.29, 0.717) is 0 Å². The van der Waals surface area contributed by atoms with Crippen LogP contribution >= 0.6 is 0 Å². The fourth-order valence-electron chi connectivity index (χ4n) is 2.58. The van der Waals surface area contributed by atoms with Gasteiger partial charge in [0.1, 0.15) is 5.25 Å². The van der Waals surface area contributed by atoms with Gasteiger partial charge in [-0.15, -0.1) is 0 Å². The minimum absolute atomic E-state index is 0.0749. The zero-order chi connectivity index (χ0) is 18.5. The molecule has 2 heterocycles. The van der Waals surface area contributed by atoms with Crippen LogP contribution in [0.1, 0.15) is 32.9 Å². The van der Waals surface area contributed by atoms with Crippen LogP contribution in [-0.4, -0.2) is 24.6 Å². The predicted octanol–water partition coefficient (Wildman–Crippen LogP) is 4.37. The molecule has 3 rings (SSSR count). The average molecular weight is 369 g/mol. The molecule has 136 valence electrons. The molecule has 1 unspecified atom stereocenters. The summed E-state index contributed by atoms with van der Waals surface area (Å²) in [6.45, 7) is 6.00. The first-order valence-corrected chi connectivity index (χ1v) is 10.1. The second-order valence-corrected chi connectivity index (χ2v) is 8.20. The van der Waals surface area contributed by atoms with Crippen molar-refractivity contribution in [1.29, 1.82) is 0 Å². The van der Waals surface area contributed by atoms with Crippen LogP contribution in [0.4, 0.5) is 5.69 Å². The minimum atomic E-state index is -1.07. The van der Waals surface area contributed by atoms with Crippen LogP contribution in [0.25, 0.3) is 16.8 Å². The van der Waals surface area contributed by atoms with Gasteiger partial charge in [0.2, 0.25) is 0 Å². The number of hydrogen-bond acceptors (Lipinski definition) is 4. The third kappa shape index (κ3) is 4.45. The van der Waals surface area contributed by atoms with Crippen molar-refractivity contribution in [3.8, 4) is 16.8 Å². The molecule has 2 aromatic heterocycles. The summed E-state index contributed by atoms with van der Waals surface area (Å²) in [5.41, 5.74) is 5.05. The molecule has 0 bridgehead atoms. The molecule has 0 fully saturated rings. The van der Waals surface area contributed by atoms with Crippen molar-refractivity contribution in [1.82, 2.24) is 14.8 Å². The lowest BCUT2D eigenvalue weighted by atomic mass is 10.1. The highest BCUT2D eigenvalue weighted by atomic mass is 32.2. The zero-order valence-corrected chi connectivity index (χ0v) is 16.2. The maximum Gasteiger partial charge on any atom is 0.135 e. The van der Waals surface area contributed by atoms with E-state index in [-0.39, 0.29) is 5.25 Å². The Morgan fingerprint density at radius 1 is 1.15 bits per heavy atom. The average Bonchev–Trinajstić information content (AvgIpc) is 3.13. The van der Waals surface area contributed by atoms with Crippen molar-refractivity contribution >= 4 is 17.0 Å². The molecule has 0 radical (unpaired) electrons. The van der Waals surface area contributed by atoms with E-state index >= 15 is 0 Å². The van der Waals surface area contributed by atoms with E-state index in [2.05, 4.69) is 27.8 Å². The molecular formula is C20H24N4OS. The summed E-state index contributed by atoms with van der Waals surface area (Å²) < 4.78 is 16.8. The van der Waals surface area contributed by atoms with Crippen molar-refractivity contribution in [2.75, 3.05) is 4.72 Å². The third-order valence-electron chi connectivity index (χ3n) is 4.02. The minimum Gasteiger partial charge on any atom is -0.593 e. The predicted molar refractivity (Wildman–Crippen MR) is 108 cm³/mol. The summed E-state index contributed by atoms with van der Waals surface area (Å²) in [5, 5.41) is 4.56. The third-order valence-corrected chi connectivity index (χ3v) is 5.31. The van der Waals surface area contributed by atoms with Gasteiger partial charge in [0, 0.05) is 23.7 Å². The maximum atomic E-state index is 11.9. The van der Waals surface area contributed by atoms with Gasteiger partial charge in [-0.2, -0.15) is 5.10 Å². The van der Waals surface area contributed by atoms with Gasteiger partial charge in [-0.25, -0.2) is 9.40 Å². The Bertz CT molecular complexity index is 845. The molecule has 0 saturated heterocycles. The van der Waals surface area contributed by atoms with Gasteiger partial charge in [0.15, 0.2) is 0 Å². The monoisotopic (exact) mass is 368 g/mol. The van der Waals surface area contributed by atoms with Crippen molar-refractivity contribution < 1.29 is 4.55 Å². The van der Waals surface area contributed by atoms with Crippen molar-refractivity contribution in [2.45, 2.75) is 38.9 Å². The Hall–Kier alpha value is -2.31. The summed E-state index contributed by atoms with van der Waals surface area (Å²) in [6, 6.07) is 11.9. The van der Waals surface area contributed by atoms with Crippen molar-refractivity contribution in [3.05, 3.63) is 60.7 Å². The van der Waals surface area contributed by atoms with E-state index in [1.807, 2.05) is 67.5 Å². The van der Waals surface area contributed by atoms with Gasteiger partial charge >= 0.3 is 0 Å². The number of aryl methyl sites for hydroxylation is 1. The Kier molecular flexibility index (Phi) is 5.96. The SMILES string of the molecule is CCCc1cc(-n2cc(-c3ccc(N[S+]([O-])C(C)C)cc3)cn2)ccn1. The number of nitrogens with zero attached hydrogens (tertiary/aromatic N) is 3. The van der Waals surface area contributed by atoms with Gasteiger partial charge in [-0.05, 0) is 50.1 Å². The molecule has 1 atom stereocenters. The lowest BCUT2D eigenvalue weighted by Gasteiger charge is -2.15. The molecule has 0 aliphatic heterocycles. The number of hydrogen-bond donors (Lipinski definition) is 1. The molecule has 1 aromatic carbocycles. The number of aromatic nitrogens is 3. The Morgan fingerprint density at radius 2 is 1.92 bits per heavy atom. The van der Waals surface area contributed by atoms with Gasteiger partial charge < -0.3 is 4.55 Å². The van der Waals surface area contributed by atoms with Crippen molar-refractivity contribution in [3.63, 3.8) is 0 Å². The first-order valence-electron chi connectivity index (χ1n) is 8.84. The molecule has 0 aliphatic rings. The lowest BCUT2D eigenvalue weighted by Crippen LogP contribution is -2.22. The summed E-state index contributed by atoms with van der Waals surface area (Å²) in [6.07, 6.45) is 7.74. The zero-order valence-electron chi connectivity index (χ0n) is 15.3. The molecule has 0 aliphatic carbocycles. The van der Waals surface area contributed by atoms with Crippen molar-refractivity contribution in [2.24, 2.45) is 0 Å². The smallest absolute Gasteiger partial charge is 0.135 e. The molecule has 6 heteroatoms. The molecule has 0 saturated carbocycles. The van der Waals surface area contributed by atoms with E-state index in [9.17, 15) is 4.55 Å². The second-order valence-electron chi connectivity index (χ2n) is 6.45. The fraction of sp³-hybridized carbons (Fsp3) is 0.300. The van der Waals surface area contributed by atoms with Crippen LogP contribution in [0.3, 0.4) is 0 Å². The van der Waals surface area contributed by atoms with Crippen LogP contribution in [0.15, 0.2) is 55.0 Å². The molecule has 26 heavy (non-hydrogen) atoms. The largest absolute Gasteiger partial charge is 0.593 e. The van der Waals surface area contributed by atoms with E-state index in [0.717, 1.165) is 41.0 Å². The fourth-order valence-corrected chi connectivity index (χ4v) is 3.18. The van der Waals surface area contributed by atoms with E-state index in [1.165, 1.54) is 0 Å². The highest BCUT2D eigenvalue weighted by molar-refractivity contribution is 7.93. The first-order chi connectivity index (χ1) is 12.6. The van der Waals surface area contributed by atoms with Gasteiger partial charge in [0.25, 0.3) is 0 Å². The molecule has 3 aromatic rings.